The van der Waals surface area contributed by atoms with E-state index >= 15 is 0 Å². The second kappa shape index (κ2) is 7.96. The maximum atomic E-state index is 11.6. The minimum absolute atomic E-state index is 0.0209. The van der Waals surface area contributed by atoms with Gasteiger partial charge in [-0.25, -0.2) is 9.59 Å². The number of rotatable bonds is 6. The van der Waals surface area contributed by atoms with Gasteiger partial charge in [-0.1, -0.05) is 18.2 Å². The lowest BCUT2D eigenvalue weighted by Crippen LogP contribution is -2.16. The van der Waals surface area contributed by atoms with Crippen LogP contribution in [0.15, 0.2) is 36.0 Å². The molecular formula is C14H17NO5. The van der Waals surface area contributed by atoms with Crippen LogP contribution in [-0.2, 0) is 25.5 Å². The molecule has 0 heterocycles. The number of aliphatic hydroxyl groups excluding tert-OH is 1. The van der Waals surface area contributed by atoms with Gasteiger partial charge in [-0.2, -0.15) is 0 Å². The van der Waals surface area contributed by atoms with Gasteiger partial charge in [0.05, 0.1) is 20.3 Å². The number of esters is 2. The van der Waals surface area contributed by atoms with Crippen molar-refractivity contribution in [2.24, 2.45) is 0 Å². The fourth-order valence-corrected chi connectivity index (χ4v) is 1.56. The molecule has 108 valence electrons. The van der Waals surface area contributed by atoms with Gasteiger partial charge in [0.25, 0.3) is 0 Å². The van der Waals surface area contributed by atoms with Gasteiger partial charge in [0.15, 0.2) is 0 Å². The Labute approximate surface area is 117 Å². The summed E-state index contributed by atoms with van der Waals surface area (Å²) in [6.45, 7) is -0.0209. The molecule has 0 unspecified atom stereocenters. The van der Waals surface area contributed by atoms with Gasteiger partial charge >= 0.3 is 11.9 Å². The molecule has 6 heteroatoms. The molecule has 1 aromatic carbocycles. The summed E-state index contributed by atoms with van der Waals surface area (Å²) in [4.78, 5) is 22.9. The van der Waals surface area contributed by atoms with E-state index in [0.717, 1.165) is 11.6 Å². The minimum atomic E-state index is -0.686. The average Bonchev–Trinajstić information content (AvgIpc) is 2.47. The number of nitrogens with one attached hydrogen (secondary N) is 1. The monoisotopic (exact) mass is 279 g/mol. The van der Waals surface area contributed by atoms with Crippen LogP contribution in [0.25, 0.3) is 0 Å². The zero-order valence-corrected chi connectivity index (χ0v) is 11.4. The van der Waals surface area contributed by atoms with Crippen molar-refractivity contribution in [2.45, 2.75) is 6.42 Å². The Morgan fingerprint density at radius 3 is 2.55 bits per heavy atom. The van der Waals surface area contributed by atoms with Crippen molar-refractivity contribution in [1.82, 2.24) is 0 Å². The Balaban J connectivity index is 3.04. The molecule has 2 N–H and O–H groups in total. The van der Waals surface area contributed by atoms with Crippen molar-refractivity contribution in [3.05, 3.63) is 41.6 Å². The SMILES string of the molecule is COC(=O)/C=C(/Nc1ccccc1CCO)C(=O)OC. The maximum Gasteiger partial charge on any atom is 0.354 e. The van der Waals surface area contributed by atoms with Crippen molar-refractivity contribution in [1.29, 1.82) is 0 Å². The van der Waals surface area contributed by atoms with Crippen LogP contribution in [0.2, 0.25) is 0 Å². The standard InChI is InChI=1S/C14H17NO5/c1-19-13(17)9-12(14(18)20-2)15-11-6-4-3-5-10(11)7-8-16/h3-6,9,15-16H,7-8H2,1-2H3/b12-9+. The number of hydrogen-bond acceptors (Lipinski definition) is 6. The van der Waals surface area contributed by atoms with E-state index in [1.165, 1.54) is 14.2 Å². The summed E-state index contributed by atoms with van der Waals surface area (Å²) in [6, 6.07) is 7.14. The third kappa shape index (κ3) is 4.40. The molecule has 0 aliphatic rings. The predicted molar refractivity (Wildman–Crippen MR) is 73.0 cm³/mol. The van der Waals surface area contributed by atoms with Gasteiger partial charge in [-0.05, 0) is 18.1 Å². The van der Waals surface area contributed by atoms with Crippen LogP contribution in [0.5, 0.6) is 0 Å². The second-order valence-electron chi connectivity index (χ2n) is 3.83. The third-order valence-corrected chi connectivity index (χ3v) is 2.54. The van der Waals surface area contributed by atoms with Gasteiger partial charge in [-0.15, -0.1) is 0 Å². The molecule has 0 aromatic heterocycles. The number of methoxy groups -OCH3 is 2. The number of ether oxygens (including phenoxy) is 2. The van der Waals surface area contributed by atoms with Crippen LogP contribution in [-0.4, -0.2) is 37.9 Å². The molecule has 1 aromatic rings. The first-order valence-electron chi connectivity index (χ1n) is 5.96. The molecule has 0 amide bonds. The normalized spacial score (nSPS) is 10.8. The average molecular weight is 279 g/mol. The number of para-hydroxylation sites is 1. The van der Waals surface area contributed by atoms with E-state index in [4.69, 9.17) is 5.11 Å². The zero-order chi connectivity index (χ0) is 15.0. The summed E-state index contributed by atoms with van der Waals surface area (Å²) in [6.07, 6.45) is 1.44. The lowest BCUT2D eigenvalue weighted by Gasteiger charge is -2.12. The molecule has 0 saturated carbocycles. The van der Waals surface area contributed by atoms with Crippen LogP contribution >= 0.6 is 0 Å². The first-order chi connectivity index (χ1) is 9.62. The minimum Gasteiger partial charge on any atom is -0.466 e. The zero-order valence-electron chi connectivity index (χ0n) is 11.4. The topological polar surface area (TPSA) is 84.9 Å². The van der Waals surface area contributed by atoms with E-state index < -0.39 is 11.9 Å². The number of anilines is 1. The predicted octanol–water partition coefficient (Wildman–Crippen LogP) is 0.863. The molecule has 0 aliphatic carbocycles. The van der Waals surface area contributed by atoms with Crippen molar-refractivity contribution in [3.63, 3.8) is 0 Å². The first-order valence-corrected chi connectivity index (χ1v) is 5.96. The van der Waals surface area contributed by atoms with E-state index in [2.05, 4.69) is 14.8 Å². The molecule has 0 radical (unpaired) electrons. The Bertz CT molecular complexity index is 510. The van der Waals surface area contributed by atoms with E-state index in [-0.39, 0.29) is 12.3 Å². The summed E-state index contributed by atoms with van der Waals surface area (Å²) in [7, 11) is 2.43. The second-order valence-corrected chi connectivity index (χ2v) is 3.83. The molecule has 0 fully saturated rings. The first kappa shape index (κ1) is 15.7. The Kier molecular flexibility index (Phi) is 6.25. The quantitative estimate of drug-likeness (QED) is 0.593. The van der Waals surface area contributed by atoms with Crippen molar-refractivity contribution in [2.75, 3.05) is 26.1 Å². The highest BCUT2D eigenvalue weighted by Gasteiger charge is 2.14. The number of aliphatic hydroxyl groups is 1. The number of carbonyl (C=O) groups is 2. The van der Waals surface area contributed by atoms with Crippen LogP contribution in [0.3, 0.4) is 0 Å². The molecule has 0 saturated heterocycles. The smallest absolute Gasteiger partial charge is 0.354 e. The summed E-state index contributed by atoms with van der Waals surface area (Å²) < 4.78 is 9.09. The van der Waals surface area contributed by atoms with E-state index in [1.54, 1.807) is 12.1 Å². The van der Waals surface area contributed by atoms with E-state index in [0.29, 0.717) is 12.1 Å². The van der Waals surface area contributed by atoms with Crippen molar-refractivity contribution in [3.8, 4) is 0 Å². The fraction of sp³-hybridized carbons (Fsp3) is 0.286. The Morgan fingerprint density at radius 2 is 1.95 bits per heavy atom. The lowest BCUT2D eigenvalue weighted by molar-refractivity contribution is -0.138. The maximum absolute atomic E-state index is 11.6. The van der Waals surface area contributed by atoms with E-state index in [1.807, 2.05) is 12.1 Å². The Hall–Kier alpha value is -2.34. The van der Waals surface area contributed by atoms with Gasteiger partial charge in [0, 0.05) is 12.3 Å². The van der Waals surface area contributed by atoms with Crippen LogP contribution < -0.4 is 5.32 Å². The summed E-state index contributed by atoms with van der Waals surface area (Å²) in [5.74, 6) is -1.35. The molecule has 1 rings (SSSR count). The third-order valence-electron chi connectivity index (χ3n) is 2.54. The van der Waals surface area contributed by atoms with Gasteiger partial charge < -0.3 is 19.9 Å². The number of carbonyl (C=O) groups excluding carboxylic acids is 2. The molecule has 0 spiro atoms. The largest absolute Gasteiger partial charge is 0.466 e. The highest BCUT2D eigenvalue weighted by Crippen LogP contribution is 2.18. The van der Waals surface area contributed by atoms with Crippen LogP contribution in [0.4, 0.5) is 5.69 Å². The van der Waals surface area contributed by atoms with E-state index in [9.17, 15) is 9.59 Å². The van der Waals surface area contributed by atoms with Gasteiger partial charge in [0.1, 0.15) is 5.70 Å². The van der Waals surface area contributed by atoms with Crippen molar-refractivity contribution < 1.29 is 24.2 Å². The lowest BCUT2D eigenvalue weighted by atomic mass is 10.1. The molecule has 0 aliphatic heterocycles. The van der Waals surface area contributed by atoms with Crippen molar-refractivity contribution >= 4 is 17.6 Å². The summed E-state index contributed by atoms with van der Waals surface area (Å²) >= 11 is 0. The molecule has 6 nitrogen and oxygen atoms in total. The molecule has 0 bridgehead atoms. The van der Waals surface area contributed by atoms with Crippen LogP contribution in [0.1, 0.15) is 5.56 Å². The highest BCUT2D eigenvalue weighted by molar-refractivity contribution is 5.98. The molecule has 0 atom stereocenters. The highest BCUT2D eigenvalue weighted by atomic mass is 16.5. The van der Waals surface area contributed by atoms with Crippen LogP contribution in [0, 0.1) is 0 Å². The van der Waals surface area contributed by atoms with Gasteiger partial charge in [-0.3, -0.25) is 0 Å². The molecule has 20 heavy (non-hydrogen) atoms. The number of benzene rings is 1. The fourth-order valence-electron chi connectivity index (χ4n) is 1.56. The molecular weight excluding hydrogens is 262 g/mol. The summed E-state index contributed by atoms with van der Waals surface area (Å²) in [5, 5.41) is 11.8. The number of hydrogen-bond donors (Lipinski definition) is 2. The Morgan fingerprint density at radius 1 is 1.25 bits per heavy atom. The van der Waals surface area contributed by atoms with Gasteiger partial charge in [0.2, 0.25) is 0 Å². The summed E-state index contributed by atoms with van der Waals surface area (Å²) in [5.41, 5.74) is 1.39.